The molecule has 0 bridgehead atoms. The maximum Gasteiger partial charge on any atom is 0.333 e. The smallest absolute Gasteiger partial charge is 0.333 e. The van der Waals surface area contributed by atoms with Gasteiger partial charge in [-0.2, -0.15) is 8.42 Å². The summed E-state index contributed by atoms with van der Waals surface area (Å²) in [5.41, 5.74) is 3.78. The second-order valence-corrected chi connectivity index (χ2v) is 26.4. The molecule has 1 fully saturated rings. The Labute approximate surface area is 275 Å². The van der Waals surface area contributed by atoms with Crippen molar-refractivity contribution in [1.82, 2.24) is 14.5 Å². The Morgan fingerprint density at radius 3 is 2.15 bits per heavy atom. The molecule has 1 aromatic rings. The second-order valence-electron chi connectivity index (χ2n) is 15.4. The zero-order valence-electron chi connectivity index (χ0n) is 29.5. The lowest BCUT2D eigenvalue weighted by Gasteiger charge is -2.43. The first-order chi connectivity index (χ1) is 20.8. The van der Waals surface area contributed by atoms with Crippen molar-refractivity contribution >= 4 is 32.7 Å². The van der Waals surface area contributed by atoms with Crippen LogP contribution in [0.2, 0.25) is 36.3 Å². The van der Waals surface area contributed by atoms with Gasteiger partial charge in [-0.1, -0.05) is 41.5 Å². The fourth-order valence-corrected chi connectivity index (χ4v) is 8.54. The molecule has 262 valence electrons. The molecule has 0 aromatic carbocycles. The topological polar surface area (TPSA) is 170 Å². The number of hydrogen-bond acceptors (Lipinski definition) is 10. The van der Waals surface area contributed by atoms with E-state index in [9.17, 15) is 22.8 Å². The average Bonchev–Trinajstić information content (AvgIpc) is 3.33. The average molecular weight is 703 g/mol. The van der Waals surface area contributed by atoms with Gasteiger partial charge in [0.25, 0.3) is 15.7 Å². The molecule has 3 rings (SSSR count). The molecule has 0 unspecified atom stereocenters. The van der Waals surface area contributed by atoms with Crippen molar-refractivity contribution in [3.8, 4) is 0 Å². The molecule has 0 saturated carbocycles. The van der Waals surface area contributed by atoms with E-state index in [4.69, 9.17) is 23.5 Å². The van der Waals surface area contributed by atoms with Gasteiger partial charge >= 0.3 is 5.69 Å². The van der Waals surface area contributed by atoms with E-state index in [-0.39, 0.29) is 46.8 Å². The number of ether oxygens (including phenoxy) is 1. The monoisotopic (exact) mass is 702 g/mol. The molecule has 1 saturated heterocycles. The van der Waals surface area contributed by atoms with Crippen molar-refractivity contribution in [3.63, 3.8) is 0 Å². The van der Waals surface area contributed by atoms with Crippen LogP contribution in [0.5, 0.6) is 0 Å². The normalized spacial score (nSPS) is 25.2. The highest BCUT2D eigenvalue weighted by molar-refractivity contribution is 7.90. The highest BCUT2D eigenvalue weighted by Crippen LogP contribution is 2.52. The predicted octanol–water partition coefficient (Wildman–Crippen LogP) is 3.44. The van der Waals surface area contributed by atoms with E-state index in [1.807, 2.05) is 33.9 Å². The van der Waals surface area contributed by atoms with Crippen molar-refractivity contribution < 1.29 is 31.0 Å². The number of aryl methyl sites for hydroxylation is 1. The van der Waals surface area contributed by atoms with Crippen LogP contribution in [0.1, 0.15) is 72.6 Å². The Bertz CT molecular complexity index is 1570. The summed E-state index contributed by atoms with van der Waals surface area (Å²) in [4.78, 5) is 39.0. The first-order valence-electron chi connectivity index (χ1n) is 15.7. The number of carbonyl (C=O) groups excluding carboxylic acids is 1. The van der Waals surface area contributed by atoms with E-state index < -0.39 is 62.0 Å². The van der Waals surface area contributed by atoms with E-state index in [1.54, 1.807) is 14.0 Å². The minimum absolute atomic E-state index is 0.0682. The highest BCUT2D eigenvalue weighted by atomic mass is 32.2. The molecular weight excluding hydrogens is 649 g/mol. The summed E-state index contributed by atoms with van der Waals surface area (Å²) in [6, 6.07) is 0. The van der Waals surface area contributed by atoms with Crippen molar-refractivity contribution in [2.24, 2.45) is 5.73 Å². The number of aromatic nitrogens is 2. The van der Waals surface area contributed by atoms with E-state index in [0.717, 1.165) is 9.98 Å². The number of amides is 1. The van der Waals surface area contributed by atoms with Crippen LogP contribution in [-0.2, 0) is 39.2 Å². The van der Waals surface area contributed by atoms with Gasteiger partial charge in [0.1, 0.15) is 12.2 Å². The molecule has 2 aliphatic heterocycles. The molecule has 0 radical (unpaired) electrons. The third kappa shape index (κ3) is 7.47. The minimum Gasteiger partial charge on any atom is -0.414 e. The fraction of sp³-hybridized carbons (Fsp3) is 0.767. The summed E-state index contributed by atoms with van der Waals surface area (Å²) in [6.07, 6.45) is -0.931. The van der Waals surface area contributed by atoms with Crippen LogP contribution in [-0.4, -0.2) is 71.6 Å². The Balaban J connectivity index is 2.22. The van der Waals surface area contributed by atoms with E-state index in [0.29, 0.717) is 12.8 Å². The first-order valence-corrected chi connectivity index (χ1v) is 23.0. The maximum atomic E-state index is 14.1. The quantitative estimate of drug-likeness (QED) is 0.198. The summed E-state index contributed by atoms with van der Waals surface area (Å²) in [5, 5.41) is 2.95. The Morgan fingerprint density at radius 1 is 1.07 bits per heavy atom. The van der Waals surface area contributed by atoms with Gasteiger partial charge in [0.15, 0.2) is 28.5 Å². The molecule has 46 heavy (non-hydrogen) atoms. The van der Waals surface area contributed by atoms with E-state index >= 15 is 0 Å². The number of nitrogens with two attached hydrogens (primary N) is 1. The van der Waals surface area contributed by atoms with Gasteiger partial charge in [-0.15, -0.1) is 0 Å². The lowest BCUT2D eigenvalue weighted by atomic mass is 9.89. The molecular formula is C30H54N4O9SSi2. The molecule has 1 spiro atoms. The number of hydrogen-bond donors (Lipinski definition) is 2. The van der Waals surface area contributed by atoms with E-state index in [1.165, 1.54) is 10.8 Å². The number of rotatable bonds is 11. The van der Waals surface area contributed by atoms with Gasteiger partial charge in [-0.25, -0.2) is 8.98 Å². The first kappa shape index (κ1) is 38.4. The molecule has 1 amide bonds. The SMILES string of the molecule is CNC(=O)CCCCn1c(=O)c(C)cn([C@@H]2O[C@H](CO[Si](C)(C)C(C)(C)C)[C@@]3(OS(=O)(=O)C=C3N)[C@H]2O[Si](C)(C)C(C)(C)C)c1=O. The predicted molar refractivity (Wildman–Crippen MR) is 182 cm³/mol. The Hall–Kier alpha value is -2.09. The van der Waals surface area contributed by atoms with Crippen LogP contribution < -0.4 is 22.3 Å². The second kappa shape index (κ2) is 13.1. The van der Waals surface area contributed by atoms with Gasteiger partial charge < -0.3 is 24.6 Å². The van der Waals surface area contributed by atoms with Crippen LogP contribution in [0, 0.1) is 6.92 Å². The molecule has 0 aliphatic carbocycles. The molecule has 16 heteroatoms. The van der Waals surface area contributed by atoms with Gasteiger partial charge in [0, 0.05) is 31.8 Å². The van der Waals surface area contributed by atoms with Crippen LogP contribution in [0.4, 0.5) is 0 Å². The van der Waals surface area contributed by atoms with Gasteiger partial charge in [-0.3, -0.25) is 18.7 Å². The zero-order valence-corrected chi connectivity index (χ0v) is 32.3. The summed E-state index contributed by atoms with van der Waals surface area (Å²) in [5.74, 6) is -0.132. The van der Waals surface area contributed by atoms with Crippen molar-refractivity contribution in [3.05, 3.63) is 43.7 Å². The number of nitrogens with one attached hydrogen (secondary N) is 1. The third-order valence-corrected chi connectivity index (χ3v) is 20.0. The highest BCUT2D eigenvalue weighted by Gasteiger charge is 2.67. The van der Waals surface area contributed by atoms with Crippen LogP contribution in [0.15, 0.2) is 26.9 Å². The van der Waals surface area contributed by atoms with Crippen LogP contribution in [0.25, 0.3) is 0 Å². The minimum atomic E-state index is -4.24. The van der Waals surface area contributed by atoms with Crippen molar-refractivity contribution in [1.29, 1.82) is 0 Å². The van der Waals surface area contributed by atoms with Crippen molar-refractivity contribution in [2.45, 2.75) is 135 Å². The number of carbonyl (C=O) groups is 1. The lowest BCUT2D eigenvalue weighted by molar-refractivity contribution is -0.120. The molecule has 3 N–H and O–H groups in total. The number of unbranched alkanes of at least 4 members (excludes halogenated alkanes) is 1. The van der Waals surface area contributed by atoms with Crippen LogP contribution >= 0.6 is 0 Å². The Kier molecular flexibility index (Phi) is 10.9. The number of nitrogens with zero attached hydrogens (tertiary/aromatic N) is 2. The lowest BCUT2D eigenvalue weighted by Crippen LogP contribution is -2.59. The Morgan fingerprint density at radius 2 is 1.65 bits per heavy atom. The maximum absolute atomic E-state index is 14.1. The summed E-state index contributed by atoms with van der Waals surface area (Å²) in [7, 11) is -7.79. The van der Waals surface area contributed by atoms with Crippen molar-refractivity contribution in [2.75, 3.05) is 13.7 Å². The van der Waals surface area contributed by atoms with E-state index in [2.05, 4.69) is 39.2 Å². The molecule has 2 aliphatic rings. The summed E-state index contributed by atoms with van der Waals surface area (Å²) in [6.45, 7) is 22.1. The standard InChI is InChI=1S/C30H54N4O9SSi2/c1-20-17-34(27(37)33(25(20)36)16-14-13-15-23(35)32-8)26-24(42-46(11,12)29(5,6)7)30(21(31)19-44(38,39)43-30)22(41-26)18-40-45(9,10)28(2,3)4/h17,19,22,24,26H,13-16,18,31H2,1-12H3,(H,32,35)/t22-,24+,26-,30-/m1/s1. The zero-order chi connectivity index (χ0) is 35.3. The van der Waals surface area contributed by atoms with Crippen LogP contribution in [0.3, 0.4) is 0 Å². The molecule has 3 heterocycles. The summed E-state index contributed by atoms with van der Waals surface area (Å²) < 4.78 is 54.4. The van der Waals surface area contributed by atoms with Gasteiger partial charge in [0.2, 0.25) is 5.91 Å². The van der Waals surface area contributed by atoms with Gasteiger partial charge in [-0.05, 0) is 56.0 Å². The largest absolute Gasteiger partial charge is 0.414 e. The summed E-state index contributed by atoms with van der Waals surface area (Å²) >= 11 is 0. The molecule has 1 aromatic heterocycles. The van der Waals surface area contributed by atoms with Gasteiger partial charge in [0.05, 0.1) is 17.7 Å². The molecule has 13 nitrogen and oxygen atoms in total. The third-order valence-electron chi connectivity index (χ3n) is 10.0. The fourth-order valence-electron chi connectivity index (χ4n) is 5.03. The molecule has 4 atom stereocenters.